The number of nitrogen functional groups attached to an aromatic ring is 1. The van der Waals surface area contributed by atoms with E-state index in [-0.39, 0.29) is 11.1 Å². The first-order valence-corrected chi connectivity index (χ1v) is 6.43. The second-order valence-corrected chi connectivity index (χ2v) is 4.80. The average Bonchev–Trinajstić information content (AvgIpc) is 2.26. The lowest BCUT2D eigenvalue weighted by Gasteiger charge is -2.17. The number of rotatable bonds is 6. The number of hydrogen-bond donors (Lipinski definition) is 2. The summed E-state index contributed by atoms with van der Waals surface area (Å²) in [4.78, 5) is 0. The minimum Gasteiger partial charge on any atom is -0.397 e. The second-order valence-electron chi connectivity index (χ2n) is 4.39. The van der Waals surface area contributed by atoms with Gasteiger partial charge < -0.3 is 11.1 Å². The van der Waals surface area contributed by atoms with Crippen LogP contribution in [0.15, 0.2) is 12.1 Å². The van der Waals surface area contributed by atoms with Crippen LogP contribution in [0.5, 0.6) is 0 Å². The molecule has 0 heterocycles. The van der Waals surface area contributed by atoms with Gasteiger partial charge in [-0.05, 0) is 19.4 Å². The summed E-state index contributed by atoms with van der Waals surface area (Å²) in [6.45, 7) is 4.24. The molecule has 0 aromatic heterocycles. The molecule has 0 aliphatic carbocycles. The van der Waals surface area contributed by atoms with Gasteiger partial charge >= 0.3 is 0 Å². The predicted octanol–water partition coefficient (Wildman–Crippen LogP) is 4.44. The molecule has 0 spiro atoms. The number of anilines is 2. The predicted molar refractivity (Wildman–Crippen MR) is 73.0 cm³/mol. The van der Waals surface area contributed by atoms with Crippen LogP contribution in [-0.4, -0.2) is 6.04 Å². The fourth-order valence-corrected chi connectivity index (χ4v) is 1.90. The minimum absolute atomic E-state index is 0.0617. The zero-order chi connectivity index (χ0) is 12.8. The molecule has 3 N–H and O–H groups in total. The van der Waals surface area contributed by atoms with Crippen molar-refractivity contribution in [1.82, 2.24) is 0 Å². The fraction of sp³-hybridized carbons (Fsp3) is 0.538. The van der Waals surface area contributed by atoms with E-state index in [1.165, 1.54) is 31.4 Å². The Hall–Kier alpha value is -0.960. The van der Waals surface area contributed by atoms with Crippen LogP contribution in [-0.2, 0) is 0 Å². The topological polar surface area (TPSA) is 38.0 Å². The van der Waals surface area contributed by atoms with Crippen LogP contribution in [0.2, 0.25) is 5.02 Å². The molecule has 0 saturated heterocycles. The highest BCUT2D eigenvalue weighted by atomic mass is 35.5. The number of nitrogens with one attached hydrogen (secondary N) is 1. The lowest BCUT2D eigenvalue weighted by Crippen LogP contribution is -2.16. The summed E-state index contributed by atoms with van der Waals surface area (Å²) in [5.74, 6) is -0.441. The van der Waals surface area contributed by atoms with Crippen LogP contribution in [0.4, 0.5) is 15.8 Å². The Morgan fingerprint density at radius 1 is 1.41 bits per heavy atom. The Balaban J connectivity index is 2.58. The largest absolute Gasteiger partial charge is 0.397 e. The van der Waals surface area contributed by atoms with E-state index in [1.54, 1.807) is 0 Å². The Kier molecular flexibility index (Phi) is 5.56. The van der Waals surface area contributed by atoms with Crippen molar-refractivity contribution < 1.29 is 4.39 Å². The van der Waals surface area contributed by atoms with Crippen molar-refractivity contribution in [3.63, 3.8) is 0 Å². The zero-order valence-electron chi connectivity index (χ0n) is 10.4. The first-order chi connectivity index (χ1) is 8.04. The maximum absolute atomic E-state index is 13.3. The van der Waals surface area contributed by atoms with Gasteiger partial charge in [-0.2, -0.15) is 0 Å². The number of unbranched alkanes of at least 4 members (excludes halogenated alkanes) is 2. The molecule has 0 bridgehead atoms. The molecule has 96 valence electrons. The molecule has 4 heteroatoms. The molecule has 1 aromatic carbocycles. The highest BCUT2D eigenvalue weighted by molar-refractivity contribution is 6.31. The number of halogens is 2. The van der Waals surface area contributed by atoms with Gasteiger partial charge in [-0.1, -0.05) is 37.8 Å². The van der Waals surface area contributed by atoms with E-state index in [0.29, 0.717) is 11.4 Å². The van der Waals surface area contributed by atoms with E-state index in [4.69, 9.17) is 17.3 Å². The van der Waals surface area contributed by atoms with E-state index in [1.807, 2.05) is 0 Å². The third-order valence-electron chi connectivity index (χ3n) is 2.74. The van der Waals surface area contributed by atoms with Gasteiger partial charge in [0.05, 0.1) is 16.4 Å². The molecule has 0 radical (unpaired) electrons. The summed E-state index contributed by atoms with van der Waals surface area (Å²) < 4.78 is 13.3. The van der Waals surface area contributed by atoms with Crippen LogP contribution in [0.25, 0.3) is 0 Å². The van der Waals surface area contributed by atoms with Crippen LogP contribution < -0.4 is 11.1 Å². The van der Waals surface area contributed by atoms with Crippen molar-refractivity contribution in [2.24, 2.45) is 0 Å². The van der Waals surface area contributed by atoms with Gasteiger partial charge in [0.2, 0.25) is 0 Å². The Labute approximate surface area is 107 Å². The smallest absolute Gasteiger partial charge is 0.143 e. The zero-order valence-corrected chi connectivity index (χ0v) is 11.1. The minimum atomic E-state index is -0.441. The maximum atomic E-state index is 13.3. The van der Waals surface area contributed by atoms with Gasteiger partial charge in [0.1, 0.15) is 5.82 Å². The average molecular weight is 259 g/mol. The van der Waals surface area contributed by atoms with Crippen LogP contribution in [0, 0.1) is 5.82 Å². The molecule has 1 unspecified atom stereocenters. The molecular weight excluding hydrogens is 239 g/mol. The van der Waals surface area contributed by atoms with E-state index in [2.05, 4.69) is 19.2 Å². The van der Waals surface area contributed by atoms with E-state index < -0.39 is 5.82 Å². The molecule has 0 aliphatic rings. The van der Waals surface area contributed by atoms with Crippen molar-refractivity contribution in [2.75, 3.05) is 11.1 Å². The van der Waals surface area contributed by atoms with Crippen molar-refractivity contribution in [3.05, 3.63) is 23.0 Å². The SMILES string of the molecule is CCCCCC(C)Nc1cc(F)c(Cl)cc1N. The fourth-order valence-electron chi connectivity index (χ4n) is 1.73. The first-order valence-electron chi connectivity index (χ1n) is 6.05. The Morgan fingerprint density at radius 3 is 2.76 bits per heavy atom. The molecule has 1 rings (SSSR count). The van der Waals surface area contributed by atoms with Crippen LogP contribution >= 0.6 is 11.6 Å². The summed E-state index contributed by atoms with van der Waals surface area (Å²) in [5.41, 5.74) is 6.89. The van der Waals surface area contributed by atoms with Gasteiger partial charge in [-0.3, -0.25) is 0 Å². The van der Waals surface area contributed by atoms with E-state index >= 15 is 0 Å². The first kappa shape index (κ1) is 14.1. The third-order valence-corrected chi connectivity index (χ3v) is 3.02. The van der Waals surface area contributed by atoms with Crippen molar-refractivity contribution in [2.45, 2.75) is 45.6 Å². The summed E-state index contributed by atoms with van der Waals surface area (Å²) >= 11 is 5.64. The van der Waals surface area contributed by atoms with Gasteiger partial charge in [0, 0.05) is 12.1 Å². The van der Waals surface area contributed by atoms with Crippen molar-refractivity contribution in [3.8, 4) is 0 Å². The lowest BCUT2D eigenvalue weighted by atomic mass is 10.1. The molecule has 17 heavy (non-hydrogen) atoms. The highest BCUT2D eigenvalue weighted by Gasteiger charge is 2.08. The molecule has 0 aliphatic heterocycles. The number of nitrogens with two attached hydrogens (primary N) is 1. The third kappa shape index (κ3) is 4.43. The van der Waals surface area contributed by atoms with Crippen LogP contribution in [0.1, 0.15) is 39.5 Å². The van der Waals surface area contributed by atoms with E-state index in [0.717, 1.165) is 6.42 Å². The van der Waals surface area contributed by atoms with Crippen molar-refractivity contribution in [1.29, 1.82) is 0 Å². The molecule has 0 saturated carbocycles. The quantitative estimate of drug-likeness (QED) is 0.585. The monoisotopic (exact) mass is 258 g/mol. The molecular formula is C13H20ClFN2. The summed E-state index contributed by atoms with van der Waals surface area (Å²) in [6.07, 6.45) is 4.64. The maximum Gasteiger partial charge on any atom is 0.143 e. The number of benzene rings is 1. The van der Waals surface area contributed by atoms with Gasteiger partial charge in [0.25, 0.3) is 0 Å². The van der Waals surface area contributed by atoms with Crippen LogP contribution in [0.3, 0.4) is 0 Å². The van der Waals surface area contributed by atoms with Gasteiger partial charge in [-0.25, -0.2) is 4.39 Å². The molecule has 1 aromatic rings. The molecule has 1 atom stereocenters. The summed E-state index contributed by atoms with van der Waals surface area (Å²) in [7, 11) is 0. The van der Waals surface area contributed by atoms with Gasteiger partial charge in [0.15, 0.2) is 0 Å². The van der Waals surface area contributed by atoms with Crippen molar-refractivity contribution >= 4 is 23.0 Å². The summed E-state index contributed by atoms with van der Waals surface area (Å²) in [5, 5.41) is 3.28. The number of hydrogen-bond acceptors (Lipinski definition) is 2. The summed E-state index contributed by atoms with van der Waals surface area (Å²) in [6, 6.07) is 3.08. The highest BCUT2D eigenvalue weighted by Crippen LogP contribution is 2.27. The Bertz CT molecular complexity index is 369. The Morgan fingerprint density at radius 2 is 2.12 bits per heavy atom. The molecule has 0 fully saturated rings. The van der Waals surface area contributed by atoms with E-state index in [9.17, 15) is 4.39 Å². The standard InChI is InChI=1S/C13H20ClFN2/c1-3-4-5-6-9(2)17-13-8-11(15)10(14)7-12(13)16/h7-9,17H,3-6,16H2,1-2H3. The lowest BCUT2D eigenvalue weighted by molar-refractivity contribution is 0.612. The molecule has 2 nitrogen and oxygen atoms in total. The molecule has 0 amide bonds. The van der Waals surface area contributed by atoms with Gasteiger partial charge in [-0.15, -0.1) is 0 Å². The normalized spacial score (nSPS) is 12.5. The second kappa shape index (κ2) is 6.70.